The van der Waals surface area contributed by atoms with Gasteiger partial charge in [-0.15, -0.1) is 0 Å². The fourth-order valence-corrected chi connectivity index (χ4v) is 3.26. The molecule has 0 unspecified atom stereocenters. The number of anilines is 2. The summed E-state index contributed by atoms with van der Waals surface area (Å²) < 4.78 is 27.0. The van der Waals surface area contributed by atoms with Gasteiger partial charge in [-0.25, -0.2) is 13.4 Å². The summed E-state index contributed by atoms with van der Waals surface area (Å²) in [5.74, 6) is 0.752. The lowest BCUT2D eigenvalue weighted by Gasteiger charge is -2.11. The molecule has 134 valence electrons. The van der Waals surface area contributed by atoms with Gasteiger partial charge in [0.05, 0.1) is 23.7 Å². The summed E-state index contributed by atoms with van der Waals surface area (Å²) >= 11 is 0. The van der Waals surface area contributed by atoms with Gasteiger partial charge >= 0.3 is 0 Å². The highest BCUT2D eigenvalue weighted by atomic mass is 32.2. The molecule has 8 nitrogen and oxygen atoms in total. The maximum absolute atomic E-state index is 11.5. The van der Waals surface area contributed by atoms with Gasteiger partial charge in [-0.05, 0) is 25.0 Å². The predicted molar refractivity (Wildman–Crippen MR) is 98.9 cm³/mol. The van der Waals surface area contributed by atoms with Crippen molar-refractivity contribution < 1.29 is 13.2 Å². The van der Waals surface area contributed by atoms with Crippen molar-refractivity contribution in [2.24, 2.45) is 0 Å². The van der Waals surface area contributed by atoms with Gasteiger partial charge in [0.25, 0.3) is 0 Å². The zero-order chi connectivity index (χ0) is 18.3. The SMILES string of the molecule is CS(=O)(=O)Nc1cccc(-c2cc(NC3CC3)n3ncc(C=O)c3n2)c1. The molecule has 0 amide bonds. The Morgan fingerprint density at radius 3 is 2.77 bits per heavy atom. The quantitative estimate of drug-likeness (QED) is 0.643. The minimum Gasteiger partial charge on any atom is -0.367 e. The van der Waals surface area contributed by atoms with Crippen LogP contribution in [0.15, 0.2) is 36.5 Å². The van der Waals surface area contributed by atoms with Crippen LogP contribution in [0.4, 0.5) is 11.5 Å². The highest BCUT2D eigenvalue weighted by Crippen LogP contribution is 2.29. The van der Waals surface area contributed by atoms with Gasteiger partial charge in [-0.3, -0.25) is 9.52 Å². The van der Waals surface area contributed by atoms with E-state index in [0.717, 1.165) is 36.8 Å². The number of aldehydes is 1. The fraction of sp³-hybridized carbons (Fsp3) is 0.235. The third kappa shape index (κ3) is 3.38. The number of aromatic nitrogens is 3. The molecular formula is C17H17N5O3S. The van der Waals surface area contributed by atoms with Gasteiger partial charge in [-0.1, -0.05) is 12.1 Å². The number of carbonyl (C=O) groups is 1. The van der Waals surface area contributed by atoms with Crippen LogP contribution in [-0.2, 0) is 10.0 Å². The topological polar surface area (TPSA) is 105 Å². The monoisotopic (exact) mass is 371 g/mol. The smallest absolute Gasteiger partial charge is 0.229 e. The van der Waals surface area contributed by atoms with Crippen LogP contribution < -0.4 is 10.0 Å². The molecule has 9 heteroatoms. The van der Waals surface area contributed by atoms with E-state index in [1.165, 1.54) is 6.20 Å². The number of benzene rings is 1. The van der Waals surface area contributed by atoms with Crippen LogP contribution >= 0.6 is 0 Å². The molecule has 1 aliphatic rings. The largest absolute Gasteiger partial charge is 0.367 e. The molecule has 0 aliphatic heterocycles. The summed E-state index contributed by atoms with van der Waals surface area (Å²) in [6, 6.07) is 9.21. The normalized spacial score (nSPS) is 14.3. The molecule has 1 fully saturated rings. The number of hydrogen-bond acceptors (Lipinski definition) is 6. The van der Waals surface area contributed by atoms with Crippen molar-refractivity contribution in [1.29, 1.82) is 0 Å². The number of carbonyl (C=O) groups excluding carboxylic acids is 1. The van der Waals surface area contributed by atoms with Crippen molar-refractivity contribution in [1.82, 2.24) is 14.6 Å². The van der Waals surface area contributed by atoms with Gasteiger partial charge in [0.1, 0.15) is 5.82 Å². The Hall–Kier alpha value is -2.94. The molecule has 1 aromatic carbocycles. The zero-order valence-electron chi connectivity index (χ0n) is 14.0. The van der Waals surface area contributed by atoms with Crippen molar-refractivity contribution in [2.45, 2.75) is 18.9 Å². The molecular weight excluding hydrogens is 354 g/mol. The summed E-state index contributed by atoms with van der Waals surface area (Å²) in [5.41, 5.74) is 2.67. The summed E-state index contributed by atoms with van der Waals surface area (Å²) in [7, 11) is -3.37. The number of rotatable bonds is 6. The lowest BCUT2D eigenvalue weighted by atomic mass is 10.1. The third-order valence-corrected chi connectivity index (χ3v) is 4.62. The molecule has 2 N–H and O–H groups in total. The van der Waals surface area contributed by atoms with E-state index in [2.05, 4.69) is 20.1 Å². The van der Waals surface area contributed by atoms with Gasteiger partial charge in [0, 0.05) is 23.4 Å². The second kappa shape index (κ2) is 6.10. The van der Waals surface area contributed by atoms with Crippen molar-refractivity contribution >= 4 is 33.5 Å². The van der Waals surface area contributed by atoms with Crippen molar-refractivity contribution in [3.05, 3.63) is 42.1 Å². The van der Waals surface area contributed by atoms with Gasteiger partial charge in [-0.2, -0.15) is 9.61 Å². The Labute approximate surface area is 150 Å². The van der Waals surface area contributed by atoms with E-state index in [0.29, 0.717) is 28.6 Å². The van der Waals surface area contributed by atoms with Crippen LogP contribution in [0.2, 0.25) is 0 Å². The molecule has 26 heavy (non-hydrogen) atoms. The Morgan fingerprint density at radius 2 is 2.08 bits per heavy atom. The summed E-state index contributed by atoms with van der Waals surface area (Å²) in [4.78, 5) is 15.8. The first kappa shape index (κ1) is 16.5. The number of fused-ring (bicyclic) bond motifs is 1. The van der Waals surface area contributed by atoms with Crippen molar-refractivity contribution in [3.8, 4) is 11.3 Å². The van der Waals surface area contributed by atoms with E-state index in [4.69, 9.17) is 0 Å². The summed E-state index contributed by atoms with van der Waals surface area (Å²) in [6.45, 7) is 0. The summed E-state index contributed by atoms with van der Waals surface area (Å²) in [5, 5.41) is 7.63. The van der Waals surface area contributed by atoms with Crippen LogP contribution in [0.25, 0.3) is 16.9 Å². The van der Waals surface area contributed by atoms with E-state index < -0.39 is 10.0 Å². The first-order valence-corrected chi connectivity index (χ1v) is 10.0. The molecule has 3 aromatic rings. The van der Waals surface area contributed by atoms with Gasteiger partial charge in [0.15, 0.2) is 11.9 Å². The molecule has 0 spiro atoms. The molecule has 2 heterocycles. The second-order valence-electron chi connectivity index (χ2n) is 6.35. The highest BCUT2D eigenvalue weighted by molar-refractivity contribution is 7.92. The number of nitrogens with one attached hydrogen (secondary N) is 2. The molecule has 1 saturated carbocycles. The van der Waals surface area contributed by atoms with E-state index in [1.54, 1.807) is 22.7 Å². The average molecular weight is 371 g/mol. The fourth-order valence-electron chi connectivity index (χ4n) is 2.71. The molecule has 0 radical (unpaired) electrons. The third-order valence-electron chi connectivity index (χ3n) is 4.02. The van der Waals surface area contributed by atoms with Crippen molar-refractivity contribution in [3.63, 3.8) is 0 Å². The van der Waals surface area contributed by atoms with E-state index >= 15 is 0 Å². The molecule has 1 aliphatic carbocycles. The molecule has 0 saturated heterocycles. The maximum Gasteiger partial charge on any atom is 0.229 e. The summed E-state index contributed by atoms with van der Waals surface area (Å²) in [6.07, 6.45) is 5.49. The number of sulfonamides is 1. The molecule has 0 atom stereocenters. The van der Waals surface area contributed by atoms with E-state index in [-0.39, 0.29) is 0 Å². The van der Waals surface area contributed by atoms with Crippen LogP contribution in [0.3, 0.4) is 0 Å². The van der Waals surface area contributed by atoms with Gasteiger partial charge in [0.2, 0.25) is 10.0 Å². The number of nitrogens with zero attached hydrogens (tertiary/aromatic N) is 3. The maximum atomic E-state index is 11.5. The van der Waals surface area contributed by atoms with Crippen LogP contribution in [0.5, 0.6) is 0 Å². The first-order chi connectivity index (χ1) is 12.4. The lowest BCUT2D eigenvalue weighted by Crippen LogP contribution is -2.10. The first-order valence-electron chi connectivity index (χ1n) is 8.12. The highest BCUT2D eigenvalue weighted by Gasteiger charge is 2.23. The molecule has 4 rings (SSSR count). The second-order valence-corrected chi connectivity index (χ2v) is 8.10. The lowest BCUT2D eigenvalue weighted by molar-refractivity contribution is 0.112. The van der Waals surface area contributed by atoms with E-state index in [1.807, 2.05) is 12.1 Å². The zero-order valence-corrected chi connectivity index (χ0v) is 14.8. The van der Waals surface area contributed by atoms with Crippen LogP contribution in [0.1, 0.15) is 23.2 Å². The minimum atomic E-state index is -3.37. The van der Waals surface area contributed by atoms with Crippen molar-refractivity contribution in [2.75, 3.05) is 16.3 Å². The van der Waals surface area contributed by atoms with Crippen LogP contribution in [0, 0.1) is 0 Å². The predicted octanol–water partition coefficient (Wildman–Crippen LogP) is 2.15. The Kier molecular flexibility index (Phi) is 3.87. The van der Waals surface area contributed by atoms with Gasteiger partial charge < -0.3 is 5.32 Å². The Bertz CT molecular complexity index is 1100. The minimum absolute atomic E-state index is 0.399. The number of hydrogen-bond donors (Lipinski definition) is 2. The van der Waals surface area contributed by atoms with E-state index in [9.17, 15) is 13.2 Å². The Morgan fingerprint density at radius 1 is 1.27 bits per heavy atom. The Balaban J connectivity index is 1.83. The standard InChI is InChI=1S/C17H17N5O3S/c1-26(24,25)21-14-4-2-3-11(7-14)15-8-16(19-13-5-6-13)22-17(20-15)12(10-23)9-18-22/h2-4,7-10,13,19,21H,5-6H2,1H3. The van der Waals surface area contributed by atoms with Crippen LogP contribution in [-0.4, -0.2) is 41.6 Å². The average Bonchev–Trinajstić information content (AvgIpc) is 3.30. The molecule has 0 bridgehead atoms. The molecule has 2 aromatic heterocycles.